The summed E-state index contributed by atoms with van der Waals surface area (Å²) < 4.78 is 5.56. The van der Waals surface area contributed by atoms with E-state index < -0.39 is 0 Å². The predicted octanol–water partition coefficient (Wildman–Crippen LogP) is 1.08. The van der Waals surface area contributed by atoms with Crippen LogP contribution in [-0.2, 0) is 0 Å². The number of hydrogen-bond donors (Lipinski definition) is 1. The van der Waals surface area contributed by atoms with Crippen LogP contribution in [0.4, 0.5) is 0 Å². The molecule has 0 aromatic carbocycles. The van der Waals surface area contributed by atoms with Gasteiger partial charge in [0.25, 0.3) is 5.91 Å². The predicted molar refractivity (Wildman–Crippen MR) is 95.1 cm³/mol. The quantitative estimate of drug-likeness (QED) is 0.882. The van der Waals surface area contributed by atoms with Crippen molar-refractivity contribution in [2.45, 2.75) is 19.8 Å². The van der Waals surface area contributed by atoms with E-state index in [2.05, 4.69) is 32.1 Å². The Kier molecular flexibility index (Phi) is 4.14. The molecule has 1 spiro atoms. The molecular weight excluding hydrogens is 332 g/mol. The standard InChI is InChI=1S/C18H24N6O2/c1-4-26-14-6-5-7-19-15(14)17(25)24-10-18(11-24)9-23(3)8-13(18)16-20-12(2)21-22-16/h5-7,13H,4,8-11H2,1-3H3,(H,20,21,22). The van der Waals surface area contributed by atoms with Gasteiger partial charge in [0.15, 0.2) is 17.3 Å². The van der Waals surface area contributed by atoms with Gasteiger partial charge in [0.2, 0.25) is 0 Å². The molecule has 2 saturated heterocycles. The summed E-state index contributed by atoms with van der Waals surface area (Å²) in [4.78, 5) is 25.9. The molecule has 26 heavy (non-hydrogen) atoms. The lowest BCUT2D eigenvalue weighted by atomic mass is 9.71. The van der Waals surface area contributed by atoms with Crippen LogP contribution < -0.4 is 4.74 Å². The van der Waals surface area contributed by atoms with Gasteiger partial charge < -0.3 is 14.5 Å². The highest BCUT2D eigenvalue weighted by atomic mass is 16.5. The first-order valence-corrected chi connectivity index (χ1v) is 8.97. The first-order chi connectivity index (χ1) is 12.5. The molecule has 2 aliphatic rings. The molecule has 2 aliphatic heterocycles. The van der Waals surface area contributed by atoms with E-state index in [1.807, 2.05) is 18.7 Å². The van der Waals surface area contributed by atoms with E-state index in [1.165, 1.54) is 0 Å². The maximum absolute atomic E-state index is 12.9. The topological polar surface area (TPSA) is 87.2 Å². The number of aryl methyl sites for hydroxylation is 1. The Bertz CT molecular complexity index is 814. The highest BCUT2D eigenvalue weighted by Crippen LogP contribution is 2.48. The normalized spacial score (nSPS) is 21.8. The number of aromatic amines is 1. The second-order valence-electron chi connectivity index (χ2n) is 7.34. The molecule has 4 heterocycles. The lowest BCUT2D eigenvalue weighted by molar-refractivity contribution is 0.00229. The van der Waals surface area contributed by atoms with Crippen molar-refractivity contribution in [3.8, 4) is 5.75 Å². The summed E-state index contributed by atoms with van der Waals surface area (Å²) in [5, 5.41) is 7.32. The van der Waals surface area contributed by atoms with Crippen LogP contribution in [0.2, 0.25) is 0 Å². The van der Waals surface area contributed by atoms with Crippen molar-refractivity contribution in [3.63, 3.8) is 0 Å². The number of aromatic nitrogens is 4. The number of amides is 1. The van der Waals surface area contributed by atoms with Gasteiger partial charge in [0.1, 0.15) is 5.82 Å². The maximum Gasteiger partial charge on any atom is 0.276 e. The van der Waals surface area contributed by atoms with E-state index in [4.69, 9.17) is 4.74 Å². The van der Waals surface area contributed by atoms with E-state index in [1.54, 1.807) is 18.3 Å². The summed E-state index contributed by atoms with van der Waals surface area (Å²) in [6.45, 7) is 7.55. The minimum atomic E-state index is -0.0702. The van der Waals surface area contributed by atoms with E-state index in [-0.39, 0.29) is 17.2 Å². The van der Waals surface area contributed by atoms with Gasteiger partial charge >= 0.3 is 0 Å². The van der Waals surface area contributed by atoms with Gasteiger partial charge in [-0.2, -0.15) is 5.10 Å². The van der Waals surface area contributed by atoms with E-state index >= 15 is 0 Å². The Morgan fingerprint density at radius 1 is 1.42 bits per heavy atom. The fraction of sp³-hybridized carbons (Fsp3) is 0.556. The van der Waals surface area contributed by atoms with Crippen LogP contribution in [0, 0.1) is 12.3 Å². The van der Waals surface area contributed by atoms with E-state index in [0.29, 0.717) is 31.1 Å². The molecule has 2 fully saturated rings. The number of ether oxygens (including phenoxy) is 1. The van der Waals surface area contributed by atoms with Gasteiger partial charge in [-0.25, -0.2) is 9.97 Å². The molecule has 1 atom stereocenters. The molecule has 2 aromatic heterocycles. The average molecular weight is 356 g/mol. The number of carbonyl (C=O) groups is 1. The molecule has 0 saturated carbocycles. The maximum atomic E-state index is 12.9. The Labute approximate surface area is 152 Å². The minimum Gasteiger partial charge on any atom is -0.491 e. The lowest BCUT2D eigenvalue weighted by Crippen LogP contribution is -2.61. The van der Waals surface area contributed by atoms with Crippen LogP contribution in [0.5, 0.6) is 5.75 Å². The summed E-state index contributed by atoms with van der Waals surface area (Å²) >= 11 is 0. The number of nitrogens with zero attached hydrogens (tertiary/aromatic N) is 5. The van der Waals surface area contributed by atoms with Crippen molar-refractivity contribution in [2.75, 3.05) is 39.8 Å². The van der Waals surface area contributed by atoms with Gasteiger partial charge in [-0.15, -0.1) is 0 Å². The number of pyridine rings is 1. The highest BCUT2D eigenvalue weighted by Gasteiger charge is 2.56. The Morgan fingerprint density at radius 2 is 2.23 bits per heavy atom. The average Bonchev–Trinajstić information content (AvgIpc) is 3.17. The molecule has 1 amide bonds. The molecule has 8 nitrogen and oxygen atoms in total. The summed E-state index contributed by atoms with van der Waals surface area (Å²) in [6, 6.07) is 3.58. The summed E-state index contributed by atoms with van der Waals surface area (Å²) in [5.41, 5.74) is 0.403. The number of likely N-dealkylation sites (tertiary alicyclic amines) is 2. The summed E-state index contributed by atoms with van der Waals surface area (Å²) in [5.74, 6) is 2.39. The van der Waals surface area contributed by atoms with Crippen LogP contribution >= 0.6 is 0 Å². The third-order valence-corrected chi connectivity index (χ3v) is 5.32. The Hall–Kier alpha value is -2.48. The van der Waals surface area contributed by atoms with Gasteiger partial charge in [-0.1, -0.05) is 0 Å². The van der Waals surface area contributed by atoms with Crippen LogP contribution in [0.3, 0.4) is 0 Å². The minimum absolute atomic E-state index is 0.0135. The second-order valence-corrected chi connectivity index (χ2v) is 7.34. The summed E-state index contributed by atoms with van der Waals surface area (Å²) in [6.07, 6.45) is 1.63. The number of H-pyrrole nitrogens is 1. The first-order valence-electron chi connectivity index (χ1n) is 8.97. The van der Waals surface area contributed by atoms with Crippen molar-refractivity contribution in [2.24, 2.45) is 5.41 Å². The van der Waals surface area contributed by atoms with Gasteiger partial charge in [-0.3, -0.25) is 9.89 Å². The lowest BCUT2D eigenvalue weighted by Gasteiger charge is -2.50. The van der Waals surface area contributed by atoms with E-state index in [9.17, 15) is 4.79 Å². The molecule has 2 aromatic rings. The molecule has 0 bridgehead atoms. The fourth-order valence-electron chi connectivity index (χ4n) is 4.24. The number of hydrogen-bond acceptors (Lipinski definition) is 6. The molecule has 0 radical (unpaired) electrons. The van der Waals surface area contributed by atoms with Gasteiger partial charge in [0, 0.05) is 43.7 Å². The van der Waals surface area contributed by atoms with Crippen LogP contribution in [0.1, 0.15) is 35.0 Å². The molecule has 4 rings (SSSR count). The Morgan fingerprint density at radius 3 is 2.92 bits per heavy atom. The van der Waals surface area contributed by atoms with Gasteiger partial charge in [-0.05, 0) is 33.0 Å². The van der Waals surface area contributed by atoms with Crippen LogP contribution in [0.15, 0.2) is 18.3 Å². The van der Waals surface area contributed by atoms with Crippen LogP contribution in [0.25, 0.3) is 0 Å². The zero-order valence-electron chi connectivity index (χ0n) is 15.4. The monoisotopic (exact) mass is 356 g/mol. The molecule has 1 unspecified atom stereocenters. The second kappa shape index (κ2) is 6.35. The SMILES string of the molecule is CCOc1cccnc1C(=O)N1CC2(CN(C)CC2c2n[nH]c(C)n2)C1. The number of likely N-dealkylation sites (N-methyl/N-ethyl adjacent to an activating group) is 1. The number of carbonyl (C=O) groups excluding carboxylic acids is 1. The third kappa shape index (κ3) is 2.74. The zero-order chi connectivity index (χ0) is 18.3. The first kappa shape index (κ1) is 17.0. The fourth-order valence-corrected chi connectivity index (χ4v) is 4.24. The Balaban J connectivity index is 1.52. The number of nitrogens with one attached hydrogen (secondary N) is 1. The smallest absolute Gasteiger partial charge is 0.276 e. The largest absolute Gasteiger partial charge is 0.491 e. The highest BCUT2D eigenvalue weighted by molar-refractivity contribution is 5.95. The van der Waals surface area contributed by atoms with Gasteiger partial charge in [0.05, 0.1) is 6.61 Å². The molecule has 138 valence electrons. The van der Waals surface area contributed by atoms with Crippen molar-refractivity contribution in [1.82, 2.24) is 30.0 Å². The zero-order valence-corrected chi connectivity index (χ0v) is 15.4. The summed E-state index contributed by atoms with van der Waals surface area (Å²) in [7, 11) is 2.11. The van der Waals surface area contributed by atoms with E-state index in [0.717, 1.165) is 24.7 Å². The molecular formula is C18H24N6O2. The molecule has 8 heteroatoms. The van der Waals surface area contributed by atoms with Crippen LogP contribution in [-0.4, -0.2) is 75.7 Å². The number of rotatable bonds is 4. The van der Waals surface area contributed by atoms with Crippen molar-refractivity contribution < 1.29 is 9.53 Å². The van der Waals surface area contributed by atoms with Crippen molar-refractivity contribution in [3.05, 3.63) is 35.7 Å². The van der Waals surface area contributed by atoms with Crippen molar-refractivity contribution >= 4 is 5.91 Å². The third-order valence-electron chi connectivity index (χ3n) is 5.32. The van der Waals surface area contributed by atoms with Crippen molar-refractivity contribution in [1.29, 1.82) is 0 Å². The molecule has 1 N–H and O–H groups in total. The molecule has 0 aliphatic carbocycles.